The van der Waals surface area contributed by atoms with Gasteiger partial charge in [-0.2, -0.15) is 0 Å². The summed E-state index contributed by atoms with van der Waals surface area (Å²) >= 11 is 0. The molecule has 0 atom stereocenters. The minimum absolute atomic E-state index is 0.162. The van der Waals surface area contributed by atoms with E-state index < -0.39 is 0 Å². The minimum Gasteiger partial charge on any atom is -0.485 e. The van der Waals surface area contributed by atoms with E-state index in [1.54, 1.807) is 6.07 Å². The Morgan fingerprint density at radius 3 is 1.97 bits per heavy atom. The maximum absolute atomic E-state index is 13.0. The van der Waals surface area contributed by atoms with Crippen molar-refractivity contribution < 1.29 is 14.3 Å². The first-order chi connectivity index (χ1) is 15.7. The number of likely N-dealkylation sites (N-methyl/N-ethyl adjacent to an activating group) is 1. The molecule has 0 bridgehead atoms. The second-order valence-corrected chi connectivity index (χ2v) is 7.46. The Labute approximate surface area is 191 Å². The molecular weight excluding hydrogens is 400 g/mol. The number of nitrogens with zero attached hydrogens (tertiary/aromatic N) is 1. The predicted octanol–water partition coefficient (Wildman–Crippen LogP) is 4.92. The monoisotopic (exact) mass is 432 g/mol. The van der Waals surface area contributed by atoms with Crippen LogP contribution in [0.5, 0.6) is 11.5 Å². The van der Waals surface area contributed by atoms with E-state index in [9.17, 15) is 4.79 Å². The van der Waals surface area contributed by atoms with Crippen molar-refractivity contribution in [2.75, 3.05) is 26.2 Å². The number of rotatable bonds is 12. The van der Waals surface area contributed by atoms with Crippen molar-refractivity contribution in [3.8, 4) is 11.5 Å². The third-order valence-corrected chi connectivity index (χ3v) is 5.29. The van der Waals surface area contributed by atoms with E-state index in [-0.39, 0.29) is 5.91 Å². The normalized spacial score (nSPS) is 10.7. The van der Waals surface area contributed by atoms with Crippen LogP contribution in [0.3, 0.4) is 0 Å². The van der Waals surface area contributed by atoms with Crippen LogP contribution in [0.25, 0.3) is 0 Å². The molecule has 1 amide bonds. The summed E-state index contributed by atoms with van der Waals surface area (Å²) in [6.07, 6.45) is 0. The van der Waals surface area contributed by atoms with E-state index in [2.05, 4.69) is 24.1 Å². The number of nitrogens with one attached hydrogen (secondary N) is 1. The third-order valence-electron chi connectivity index (χ3n) is 5.29. The highest BCUT2D eigenvalue weighted by Gasteiger charge is 2.18. The molecule has 0 radical (unpaired) electrons. The van der Waals surface area contributed by atoms with Gasteiger partial charge in [0, 0.05) is 13.1 Å². The van der Waals surface area contributed by atoms with Gasteiger partial charge in [-0.1, -0.05) is 80.6 Å². The molecule has 168 valence electrons. The number of carbonyl (C=O) groups excluding carboxylic acids is 1. The molecule has 0 spiro atoms. The van der Waals surface area contributed by atoms with Gasteiger partial charge >= 0.3 is 0 Å². The molecule has 0 saturated heterocycles. The molecule has 3 rings (SSSR count). The van der Waals surface area contributed by atoms with Crippen LogP contribution in [0.2, 0.25) is 0 Å². The summed E-state index contributed by atoms with van der Waals surface area (Å²) in [5.74, 6) is 0.860. The van der Waals surface area contributed by atoms with Crippen molar-refractivity contribution in [2.24, 2.45) is 0 Å². The molecule has 0 aliphatic carbocycles. The van der Waals surface area contributed by atoms with Crippen LogP contribution in [0, 0.1) is 0 Å². The number of benzene rings is 3. The zero-order valence-electron chi connectivity index (χ0n) is 18.9. The Balaban J connectivity index is 1.76. The summed E-state index contributed by atoms with van der Waals surface area (Å²) in [7, 11) is 0. The van der Waals surface area contributed by atoms with Gasteiger partial charge in [-0.25, -0.2) is 0 Å². The zero-order chi connectivity index (χ0) is 22.6. The molecule has 0 fully saturated rings. The number of ether oxygens (including phenoxy) is 2. The van der Waals surface area contributed by atoms with Crippen molar-refractivity contribution in [2.45, 2.75) is 27.1 Å². The van der Waals surface area contributed by atoms with Gasteiger partial charge in [0.15, 0.2) is 11.5 Å². The van der Waals surface area contributed by atoms with Crippen molar-refractivity contribution in [3.63, 3.8) is 0 Å². The lowest BCUT2D eigenvalue weighted by atomic mass is 10.1. The molecular formula is C27H32N2O3. The fourth-order valence-corrected chi connectivity index (χ4v) is 3.38. The highest BCUT2D eigenvalue weighted by molar-refractivity contribution is 5.97. The second-order valence-electron chi connectivity index (χ2n) is 7.46. The van der Waals surface area contributed by atoms with E-state index >= 15 is 0 Å². The van der Waals surface area contributed by atoms with E-state index in [1.165, 1.54) is 0 Å². The highest BCUT2D eigenvalue weighted by Crippen LogP contribution is 2.33. The van der Waals surface area contributed by atoms with E-state index in [4.69, 9.17) is 9.47 Å². The van der Waals surface area contributed by atoms with Crippen LogP contribution in [0.4, 0.5) is 0 Å². The Morgan fingerprint density at radius 1 is 0.781 bits per heavy atom. The summed E-state index contributed by atoms with van der Waals surface area (Å²) in [6.45, 7) is 8.29. The van der Waals surface area contributed by atoms with Crippen LogP contribution in [0.1, 0.15) is 35.3 Å². The van der Waals surface area contributed by atoms with Crippen LogP contribution >= 0.6 is 0 Å². The topological polar surface area (TPSA) is 50.8 Å². The summed E-state index contributed by atoms with van der Waals surface area (Å²) < 4.78 is 12.2. The van der Waals surface area contributed by atoms with Crippen molar-refractivity contribution >= 4 is 5.91 Å². The van der Waals surface area contributed by atoms with Crippen LogP contribution in [-0.4, -0.2) is 37.0 Å². The maximum atomic E-state index is 13.0. The number of carbonyl (C=O) groups is 1. The molecule has 0 unspecified atom stereocenters. The smallest absolute Gasteiger partial charge is 0.255 e. The molecule has 0 aliphatic rings. The first-order valence-electron chi connectivity index (χ1n) is 11.2. The fourth-order valence-electron chi connectivity index (χ4n) is 3.38. The first-order valence-corrected chi connectivity index (χ1v) is 11.2. The van der Waals surface area contributed by atoms with Crippen molar-refractivity contribution in [1.29, 1.82) is 0 Å². The lowest BCUT2D eigenvalue weighted by molar-refractivity contribution is 0.0943. The quantitative estimate of drug-likeness (QED) is 0.442. The molecule has 0 aliphatic heterocycles. The zero-order valence-corrected chi connectivity index (χ0v) is 18.9. The predicted molar refractivity (Wildman–Crippen MR) is 128 cm³/mol. The SMILES string of the molecule is CCN(CC)CCNC(=O)c1cccc(OCc2ccccc2)c1OCc1ccccc1. The van der Waals surface area contributed by atoms with Crippen LogP contribution in [-0.2, 0) is 13.2 Å². The fraction of sp³-hybridized carbons (Fsp3) is 0.296. The molecule has 3 aromatic rings. The Kier molecular flexibility index (Phi) is 9.14. The maximum Gasteiger partial charge on any atom is 0.255 e. The lowest BCUT2D eigenvalue weighted by Crippen LogP contribution is -2.35. The summed E-state index contributed by atoms with van der Waals surface area (Å²) in [4.78, 5) is 15.3. The van der Waals surface area contributed by atoms with Gasteiger partial charge in [0.25, 0.3) is 5.91 Å². The number of amides is 1. The minimum atomic E-state index is -0.162. The molecule has 3 aromatic carbocycles. The summed E-state index contributed by atoms with van der Waals surface area (Å²) in [6, 6.07) is 25.3. The summed E-state index contributed by atoms with van der Waals surface area (Å²) in [5.41, 5.74) is 2.56. The molecule has 0 heterocycles. The van der Waals surface area contributed by atoms with E-state index in [0.29, 0.717) is 36.8 Å². The van der Waals surface area contributed by atoms with Gasteiger partial charge in [0.1, 0.15) is 13.2 Å². The Bertz CT molecular complexity index is 957. The van der Waals surface area contributed by atoms with Gasteiger partial charge in [-0.05, 0) is 36.3 Å². The molecule has 1 N–H and O–H groups in total. The van der Waals surface area contributed by atoms with Crippen molar-refractivity contribution in [3.05, 3.63) is 95.6 Å². The summed E-state index contributed by atoms with van der Waals surface area (Å²) in [5, 5.41) is 3.02. The van der Waals surface area contributed by atoms with Gasteiger partial charge in [0.2, 0.25) is 0 Å². The molecule has 0 saturated carbocycles. The van der Waals surface area contributed by atoms with Gasteiger partial charge in [0.05, 0.1) is 5.56 Å². The second kappa shape index (κ2) is 12.5. The van der Waals surface area contributed by atoms with Gasteiger partial charge < -0.3 is 19.7 Å². The molecule has 5 heteroatoms. The average molecular weight is 433 g/mol. The largest absolute Gasteiger partial charge is 0.485 e. The van der Waals surface area contributed by atoms with Gasteiger partial charge in [-0.15, -0.1) is 0 Å². The van der Waals surface area contributed by atoms with E-state index in [1.807, 2.05) is 72.8 Å². The molecule has 0 aromatic heterocycles. The third kappa shape index (κ3) is 6.86. The standard InChI is InChI=1S/C27H32N2O3/c1-3-29(4-2)19-18-28-27(30)24-16-11-17-25(31-20-22-12-7-5-8-13-22)26(24)32-21-23-14-9-6-10-15-23/h5-17H,3-4,18-21H2,1-2H3,(H,28,30). The number of hydrogen-bond acceptors (Lipinski definition) is 4. The Morgan fingerprint density at radius 2 is 1.38 bits per heavy atom. The molecule has 32 heavy (non-hydrogen) atoms. The number of hydrogen-bond donors (Lipinski definition) is 1. The average Bonchev–Trinajstić information content (AvgIpc) is 2.85. The van der Waals surface area contributed by atoms with Gasteiger partial charge in [-0.3, -0.25) is 4.79 Å². The van der Waals surface area contributed by atoms with Crippen molar-refractivity contribution in [1.82, 2.24) is 10.2 Å². The van der Waals surface area contributed by atoms with E-state index in [0.717, 1.165) is 30.8 Å². The lowest BCUT2D eigenvalue weighted by Gasteiger charge is -2.19. The first kappa shape index (κ1) is 23.4. The molecule has 5 nitrogen and oxygen atoms in total. The highest BCUT2D eigenvalue weighted by atomic mass is 16.5. The Hall–Kier alpha value is -3.31. The van der Waals surface area contributed by atoms with Crippen LogP contribution in [0.15, 0.2) is 78.9 Å². The van der Waals surface area contributed by atoms with Crippen LogP contribution < -0.4 is 14.8 Å². The number of para-hydroxylation sites is 1.